The SMILES string of the molecule is CC(C)(C)c1ccc(NC(N)=Nc2ccc3c4c(cccc24)CC3)cc1. The zero-order valence-corrected chi connectivity index (χ0v) is 15.6. The van der Waals surface area contributed by atoms with Gasteiger partial charge in [-0.05, 0) is 58.5 Å². The lowest BCUT2D eigenvalue weighted by Gasteiger charge is -2.19. The van der Waals surface area contributed by atoms with E-state index in [4.69, 9.17) is 5.73 Å². The second-order valence-electron chi connectivity index (χ2n) is 8.03. The van der Waals surface area contributed by atoms with E-state index in [1.807, 2.05) is 0 Å². The highest BCUT2D eigenvalue weighted by Gasteiger charge is 2.16. The Balaban J connectivity index is 1.62. The molecule has 0 aliphatic heterocycles. The molecule has 3 nitrogen and oxygen atoms in total. The number of hydrogen-bond acceptors (Lipinski definition) is 1. The summed E-state index contributed by atoms with van der Waals surface area (Å²) in [6.07, 6.45) is 2.24. The molecule has 132 valence electrons. The van der Waals surface area contributed by atoms with Gasteiger partial charge in [0.2, 0.25) is 0 Å². The van der Waals surface area contributed by atoms with E-state index < -0.39 is 0 Å². The minimum absolute atomic E-state index is 0.142. The first-order valence-electron chi connectivity index (χ1n) is 9.17. The molecule has 4 rings (SSSR count). The van der Waals surface area contributed by atoms with Gasteiger partial charge in [-0.3, -0.25) is 0 Å². The Morgan fingerprint density at radius 2 is 1.62 bits per heavy atom. The van der Waals surface area contributed by atoms with Gasteiger partial charge in [0.25, 0.3) is 0 Å². The monoisotopic (exact) mass is 343 g/mol. The van der Waals surface area contributed by atoms with Crippen molar-refractivity contribution in [2.75, 3.05) is 5.32 Å². The fourth-order valence-electron chi connectivity index (χ4n) is 3.69. The second-order valence-corrected chi connectivity index (χ2v) is 8.03. The average Bonchev–Trinajstić information content (AvgIpc) is 3.02. The van der Waals surface area contributed by atoms with Crippen molar-refractivity contribution in [1.29, 1.82) is 0 Å². The van der Waals surface area contributed by atoms with Crippen LogP contribution in [0, 0.1) is 0 Å². The Morgan fingerprint density at radius 1 is 0.923 bits per heavy atom. The van der Waals surface area contributed by atoms with Crippen LogP contribution in [0.4, 0.5) is 11.4 Å². The van der Waals surface area contributed by atoms with Gasteiger partial charge in [0.05, 0.1) is 5.69 Å². The van der Waals surface area contributed by atoms with Crippen molar-refractivity contribution in [3.05, 3.63) is 71.3 Å². The number of benzene rings is 3. The minimum Gasteiger partial charge on any atom is -0.369 e. The molecule has 0 aromatic heterocycles. The van der Waals surface area contributed by atoms with Gasteiger partial charge < -0.3 is 11.1 Å². The first-order chi connectivity index (χ1) is 12.4. The van der Waals surface area contributed by atoms with Crippen LogP contribution in [0.5, 0.6) is 0 Å². The van der Waals surface area contributed by atoms with Crippen LogP contribution in [0.15, 0.2) is 59.6 Å². The molecule has 0 atom stereocenters. The summed E-state index contributed by atoms with van der Waals surface area (Å²) in [6.45, 7) is 6.63. The Morgan fingerprint density at radius 3 is 2.31 bits per heavy atom. The molecule has 0 amide bonds. The highest BCUT2D eigenvalue weighted by Crippen LogP contribution is 2.36. The standard InChI is InChI=1S/C23H25N3/c1-23(2,3)17-10-12-18(13-11-17)25-22(24)26-20-14-9-16-8-7-15-5-4-6-19(20)21(15)16/h4-6,9-14H,7-8H2,1-3H3,(H3,24,25,26). The predicted molar refractivity (Wildman–Crippen MR) is 111 cm³/mol. The summed E-state index contributed by atoms with van der Waals surface area (Å²) >= 11 is 0. The van der Waals surface area contributed by atoms with Crippen molar-refractivity contribution >= 4 is 28.1 Å². The fraction of sp³-hybridized carbons (Fsp3) is 0.261. The molecule has 26 heavy (non-hydrogen) atoms. The number of aliphatic imine (C=N–C) groups is 1. The lowest BCUT2D eigenvalue weighted by molar-refractivity contribution is 0.590. The van der Waals surface area contributed by atoms with Crippen LogP contribution in [-0.2, 0) is 18.3 Å². The van der Waals surface area contributed by atoms with Gasteiger partial charge in [0.1, 0.15) is 0 Å². The average molecular weight is 343 g/mol. The van der Waals surface area contributed by atoms with Gasteiger partial charge in [-0.25, -0.2) is 4.99 Å². The molecule has 1 aliphatic rings. The minimum atomic E-state index is 0.142. The molecule has 3 heteroatoms. The van der Waals surface area contributed by atoms with E-state index in [-0.39, 0.29) is 5.41 Å². The van der Waals surface area contributed by atoms with Crippen molar-refractivity contribution in [2.45, 2.75) is 39.0 Å². The number of hydrogen-bond donors (Lipinski definition) is 2. The van der Waals surface area contributed by atoms with E-state index in [9.17, 15) is 0 Å². The van der Waals surface area contributed by atoms with E-state index in [1.165, 1.54) is 27.5 Å². The lowest BCUT2D eigenvalue weighted by Crippen LogP contribution is -2.22. The molecule has 3 aromatic rings. The molecule has 0 saturated carbocycles. The summed E-state index contributed by atoms with van der Waals surface area (Å²) in [5.74, 6) is 0.409. The molecule has 3 aromatic carbocycles. The Bertz CT molecular complexity index is 982. The van der Waals surface area contributed by atoms with E-state index >= 15 is 0 Å². The summed E-state index contributed by atoms with van der Waals surface area (Å²) in [7, 11) is 0. The first-order valence-corrected chi connectivity index (χ1v) is 9.17. The van der Waals surface area contributed by atoms with Crippen LogP contribution in [0.1, 0.15) is 37.5 Å². The highest BCUT2D eigenvalue weighted by molar-refractivity contribution is 6.02. The molecule has 0 saturated heterocycles. The van der Waals surface area contributed by atoms with Gasteiger partial charge in [-0.1, -0.05) is 57.2 Å². The number of guanidine groups is 1. The predicted octanol–water partition coefficient (Wildman–Crippen LogP) is 5.29. The van der Waals surface area contributed by atoms with Crippen LogP contribution in [0.2, 0.25) is 0 Å². The van der Waals surface area contributed by atoms with E-state index in [0.29, 0.717) is 5.96 Å². The number of anilines is 1. The molecule has 0 heterocycles. The second kappa shape index (κ2) is 6.17. The van der Waals surface area contributed by atoms with Crippen molar-refractivity contribution in [3.8, 4) is 0 Å². The maximum absolute atomic E-state index is 6.18. The van der Waals surface area contributed by atoms with Gasteiger partial charge in [0.15, 0.2) is 5.96 Å². The third-order valence-corrected chi connectivity index (χ3v) is 5.12. The van der Waals surface area contributed by atoms with Crippen LogP contribution >= 0.6 is 0 Å². The molecule has 0 radical (unpaired) electrons. The topological polar surface area (TPSA) is 50.4 Å². The maximum atomic E-state index is 6.18. The van der Waals surface area contributed by atoms with Crippen LogP contribution < -0.4 is 11.1 Å². The molecule has 0 spiro atoms. The number of nitrogens with two attached hydrogens (primary N) is 1. The molecule has 1 aliphatic carbocycles. The fourth-order valence-corrected chi connectivity index (χ4v) is 3.69. The lowest BCUT2D eigenvalue weighted by atomic mass is 9.87. The van der Waals surface area contributed by atoms with Crippen LogP contribution in [-0.4, -0.2) is 5.96 Å². The number of nitrogens with one attached hydrogen (secondary N) is 1. The van der Waals surface area contributed by atoms with Crippen molar-refractivity contribution in [1.82, 2.24) is 0 Å². The quantitative estimate of drug-likeness (QED) is 0.490. The molecule has 0 bridgehead atoms. The highest BCUT2D eigenvalue weighted by atomic mass is 15.1. The number of nitrogens with zero attached hydrogens (tertiary/aromatic N) is 1. The third kappa shape index (κ3) is 3.05. The summed E-state index contributed by atoms with van der Waals surface area (Å²) in [4.78, 5) is 4.65. The zero-order chi connectivity index (χ0) is 18.3. The van der Waals surface area contributed by atoms with Crippen LogP contribution in [0.3, 0.4) is 0 Å². The molecular formula is C23H25N3. The molecule has 0 fully saturated rings. The summed E-state index contributed by atoms with van der Waals surface area (Å²) in [6, 6.07) is 19.1. The normalized spacial score (nSPS) is 14.0. The Kier molecular flexibility index (Phi) is 3.95. The molecule has 0 unspecified atom stereocenters. The van der Waals surface area contributed by atoms with Crippen LogP contribution in [0.25, 0.3) is 10.8 Å². The van der Waals surface area contributed by atoms with Gasteiger partial charge in [0, 0.05) is 11.1 Å². The van der Waals surface area contributed by atoms with Gasteiger partial charge in [-0.15, -0.1) is 0 Å². The molecule has 3 N–H and O–H groups in total. The van der Waals surface area contributed by atoms with Gasteiger partial charge in [-0.2, -0.15) is 0 Å². The summed E-state index contributed by atoms with van der Waals surface area (Å²) in [5.41, 5.74) is 12.3. The largest absolute Gasteiger partial charge is 0.369 e. The maximum Gasteiger partial charge on any atom is 0.198 e. The van der Waals surface area contributed by atoms with Crippen molar-refractivity contribution in [3.63, 3.8) is 0 Å². The Labute approximate surface area is 155 Å². The molecular weight excluding hydrogens is 318 g/mol. The van der Waals surface area contributed by atoms with E-state index in [1.54, 1.807) is 0 Å². The Hall–Kier alpha value is -2.81. The number of aryl methyl sites for hydroxylation is 2. The summed E-state index contributed by atoms with van der Waals surface area (Å²) < 4.78 is 0. The summed E-state index contributed by atoms with van der Waals surface area (Å²) in [5, 5.41) is 5.75. The first kappa shape index (κ1) is 16.6. The van der Waals surface area contributed by atoms with E-state index in [0.717, 1.165) is 24.2 Å². The van der Waals surface area contributed by atoms with Gasteiger partial charge >= 0.3 is 0 Å². The van der Waals surface area contributed by atoms with E-state index in [2.05, 4.69) is 85.7 Å². The van der Waals surface area contributed by atoms with Crippen molar-refractivity contribution < 1.29 is 0 Å². The zero-order valence-electron chi connectivity index (χ0n) is 15.6. The van der Waals surface area contributed by atoms with Crippen molar-refractivity contribution in [2.24, 2.45) is 10.7 Å². The third-order valence-electron chi connectivity index (χ3n) is 5.12. The smallest absolute Gasteiger partial charge is 0.198 e. The number of rotatable bonds is 2.